The molecule has 2 aromatic carbocycles. The van der Waals surface area contributed by atoms with Gasteiger partial charge in [-0.3, -0.25) is 10.1 Å². The molecule has 7 heteroatoms. The number of nitro groups is 1. The lowest BCUT2D eigenvalue weighted by atomic mass is 10.2. The monoisotopic (exact) mass is 351 g/mol. The summed E-state index contributed by atoms with van der Waals surface area (Å²) in [6.07, 6.45) is 0. The van der Waals surface area contributed by atoms with Crippen molar-refractivity contribution in [3.63, 3.8) is 0 Å². The minimum Gasteiger partial charge on any atom is -0.478 e. The number of rotatable bonds is 4. The quantitative estimate of drug-likeness (QED) is 0.659. The van der Waals surface area contributed by atoms with Gasteiger partial charge in [-0.15, -0.1) is 0 Å². The molecule has 0 radical (unpaired) electrons. The van der Waals surface area contributed by atoms with Crippen molar-refractivity contribution in [3.05, 3.63) is 62.1 Å². The molecule has 2 aromatic rings. The van der Waals surface area contributed by atoms with Crippen molar-refractivity contribution in [2.24, 2.45) is 0 Å². The third-order valence-electron chi connectivity index (χ3n) is 2.78. The topological polar surface area (TPSA) is 89.7 Å². The van der Waals surface area contributed by atoms with Crippen molar-refractivity contribution in [2.75, 3.05) is 0 Å². The second-order valence-electron chi connectivity index (χ2n) is 4.23. The van der Waals surface area contributed by atoms with E-state index >= 15 is 0 Å². The minimum atomic E-state index is -1.07. The Morgan fingerprint density at radius 1 is 1.29 bits per heavy atom. The lowest BCUT2D eigenvalue weighted by molar-refractivity contribution is -0.386. The van der Waals surface area contributed by atoms with E-state index in [-0.39, 0.29) is 17.0 Å². The number of hydrogen-bond donors (Lipinski definition) is 1. The maximum Gasteiger partial charge on any atom is 0.335 e. The highest BCUT2D eigenvalue weighted by atomic mass is 79.9. The normalized spacial score (nSPS) is 10.2. The molecule has 1 N–H and O–H groups in total. The molecule has 0 saturated carbocycles. The Balaban J connectivity index is 2.42. The highest BCUT2D eigenvalue weighted by Gasteiger charge is 2.19. The van der Waals surface area contributed by atoms with E-state index < -0.39 is 10.9 Å². The van der Waals surface area contributed by atoms with Gasteiger partial charge in [0.15, 0.2) is 0 Å². The molecule has 21 heavy (non-hydrogen) atoms. The van der Waals surface area contributed by atoms with Crippen LogP contribution in [0.3, 0.4) is 0 Å². The summed E-state index contributed by atoms with van der Waals surface area (Å²) >= 11 is 3.19. The first-order valence-electron chi connectivity index (χ1n) is 5.85. The Bertz CT molecular complexity index is 729. The highest BCUT2D eigenvalue weighted by Crippen LogP contribution is 2.37. The molecule has 0 aliphatic carbocycles. The molecule has 2 rings (SSSR count). The van der Waals surface area contributed by atoms with Crippen molar-refractivity contribution in [2.45, 2.75) is 6.92 Å². The number of carboxylic acids is 1. The van der Waals surface area contributed by atoms with Gasteiger partial charge in [0.2, 0.25) is 5.75 Å². The summed E-state index contributed by atoms with van der Waals surface area (Å²) in [6, 6.07) is 8.94. The Kier molecular flexibility index (Phi) is 4.23. The molecule has 0 aliphatic rings. The molecule has 0 amide bonds. The van der Waals surface area contributed by atoms with Crippen LogP contribution in [0.2, 0.25) is 0 Å². The minimum absolute atomic E-state index is 0.0907. The summed E-state index contributed by atoms with van der Waals surface area (Å²) in [7, 11) is 0. The first kappa shape index (κ1) is 15.0. The molecule has 0 atom stereocenters. The number of carbonyl (C=O) groups is 1. The maximum atomic E-state index is 11.1. The second-order valence-corrected chi connectivity index (χ2v) is 5.09. The van der Waals surface area contributed by atoms with Gasteiger partial charge in [0.25, 0.3) is 0 Å². The van der Waals surface area contributed by atoms with Crippen LogP contribution in [0.1, 0.15) is 15.9 Å². The van der Waals surface area contributed by atoms with Crippen molar-refractivity contribution < 1.29 is 19.6 Å². The lowest BCUT2D eigenvalue weighted by Gasteiger charge is -2.09. The van der Waals surface area contributed by atoms with Crippen LogP contribution in [0.5, 0.6) is 11.5 Å². The molecule has 0 spiro atoms. The summed E-state index contributed by atoms with van der Waals surface area (Å²) < 4.78 is 5.94. The summed E-state index contributed by atoms with van der Waals surface area (Å²) in [5, 5.41) is 20.0. The largest absolute Gasteiger partial charge is 0.478 e. The fourth-order valence-electron chi connectivity index (χ4n) is 1.78. The first-order valence-corrected chi connectivity index (χ1v) is 6.64. The average Bonchev–Trinajstić information content (AvgIpc) is 2.40. The summed E-state index contributed by atoms with van der Waals surface area (Å²) in [6.45, 7) is 1.62. The number of ether oxygens (including phenoxy) is 1. The van der Waals surface area contributed by atoms with E-state index in [1.165, 1.54) is 24.3 Å². The lowest BCUT2D eigenvalue weighted by Crippen LogP contribution is -1.98. The van der Waals surface area contributed by atoms with E-state index in [1.807, 2.05) is 0 Å². The van der Waals surface area contributed by atoms with Gasteiger partial charge in [-0.2, -0.15) is 0 Å². The van der Waals surface area contributed by atoms with Gasteiger partial charge < -0.3 is 9.84 Å². The molecule has 0 fully saturated rings. The van der Waals surface area contributed by atoms with Crippen LogP contribution in [-0.4, -0.2) is 16.0 Å². The number of aromatic carboxylic acids is 1. The van der Waals surface area contributed by atoms with E-state index in [0.29, 0.717) is 15.8 Å². The molecule has 0 saturated heterocycles. The zero-order valence-electron chi connectivity index (χ0n) is 10.9. The van der Waals surface area contributed by atoms with Crippen molar-refractivity contribution in [1.82, 2.24) is 0 Å². The first-order chi connectivity index (χ1) is 9.90. The number of nitro benzene ring substituents is 1. The Morgan fingerprint density at radius 2 is 2.00 bits per heavy atom. The second kappa shape index (κ2) is 5.92. The fourth-order valence-corrected chi connectivity index (χ4v) is 2.24. The van der Waals surface area contributed by atoms with E-state index in [0.717, 1.165) is 0 Å². The molecule has 0 unspecified atom stereocenters. The zero-order valence-corrected chi connectivity index (χ0v) is 12.5. The third-order valence-corrected chi connectivity index (χ3v) is 3.40. The number of hydrogen-bond acceptors (Lipinski definition) is 4. The summed E-state index contributed by atoms with van der Waals surface area (Å²) in [5.41, 5.74) is 0.454. The smallest absolute Gasteiger partial charge is 0.335 e. The van der Waals surface area contributed by atoms with Gasteiger partial charge in [0, 0.05) is 5.56 Å². The SMILES string of the molecule is Cc1cccc(Oc2ccc(C(=O)O)cc2Br)c1[N+](=O)[O-]. The number of benzene rings is 2. The van der Waals surface area contributed by atoms with E-state index in [9.17, 15) is 14.9 Å². The molecule has 0 bridgehead atoms. The molecule has 0 heterocycles. The number of carboxylic acid groups (broad SMARTS) is 1. The van der Waals surface area contributed by atoms with Crippen molar-refractivity contribution >= 4 is 27.6 Å². The Morgan fingerprint density at radius 3 is 2.57 bits per heavy atom. The zero-order chi connectivity index (χ0) is 15.6. The van der Waals surface area contributed by atoms with Gasteiger partial charge in [0.05, 0.1) is 15.0 Å². The maximum absolute atomic E-state index is 11.1. The predicted octanol–water partition coefficient (Wildman–Crippen LogP) is 4.16. The summed E-state index contributed by atoms with van der Waals surface area (Å²) in [4.78, 5) is 21.4. The van der Waals surface area contributed by atoms with Gasteiger partial charge in [-0.25, -0.2) is 4.79 Å². The predicted molar refractivity (Wildman–Crippen MR) is 79.0 cm³/mol. The van der Waals surface area contributed by atoms with Crippen molar-refractivity contribution in [3.8, 4) is 11.5 Å². The number of nitrogens with zero attached hydrogens (tertiary/aromatic N) is 1. The van der Waals surface area contributed by atoms with Crippen LogP contribution >= 0.6 is 15.9 Å². The molecular weight excluding hydrogens is 342 g/mol. The number of aryl methyl sites for hydroxylation is 1. The molecule has 0 aliphatic heterocycles. The van der Waals surface area contributed by atoms with E-state index in [1.54, 1.807) is 19.1 Å². The molecule has 6 nitrogen and oxygen atoms in total. The Hall–Kier alpha value is -2.41. The van der Waals surface area contributed by atoms with Crippen LogP contribution in [-0.2, 0) is 0 Å². The standard InChI is InChI=1S/C14H10BrNO5/c1-8-3-2-4-12(13(8)16(19)20)21-11-6-5-9(14(17)18)7-10(11)15/h2-7H,1H3,(H,17,18). The molecule has 0 aromatic heterocycles. The van der Waals surface area contributed by atoms with Gasteiger partial charge in [-0.05, 0) is 47.1 Å². The van der Waals surface area contributed by atoms with Gasteiger partial charge >= 0.3 is 11.7 Å². The fraction of sp³-hybridized carbons (Fsp3) is 0.0714. The van der Waals surface area contributed by atoms with Gasteiger partial charge in [0.1, 0.15) is 5.75 Å². The Labute approximate surface area is 128 Å². The third kappa shape index (κ3) is 3.19. The highest BCUT2D eigenvalue weighted by molar-refractivity contribution is 9.10. The number of para-hydroxylation sites is 1. The van der Waals surface area contributed by atoms with Crippen LogP contribution < -0.4 is 4.74 Å². The van der Waals surface area contributed by atoms with Crippen LogP contribution in [0.15, 0.2) is 40.9 Å². The van der Waals surface area contributed by atoms with Crippen molar-refractivity contribution in [1.29, 1.82) is 0 Å². The average molecular weight is 352 g/mol. The molecule has 108 valence electrons. The van der Waals surface area contributed by atoms with Gasteiger partial charge in [-0.1, -0.05) is 12.1 Å². The van der Waals surface area contributed by atoms with E-state index in [2.05, 4.69) is 15.9 Å². The molecular formula is C14H10BrNO5. The van der Waals surface area contributed by atoms with E-state index in [4.69, 9.17) is 9.84 Å². The van der Waals surface area contributed by atoms with Crippen LogP contribution in [0, 0.1) is 17.0 Å². The van der Waals surface area contributed by atoms with Crippen LogP contribution in [0.4, 0.5) is 5.69 Å². The van der Waals surface area contributed by atoms with Crippen LogP contribution in [0.25, 0.3) is 0 Å². The summed E-state index contributed by atoms with van der Waals surface area (Å²) in [5.74, 6) is -0.665. The number of halogens is 1.